The van der Waals surface area contributed by atoms with Crippen LogP contribution in [0.25, 0.3) is 77.2 Å². The number of aromatic carboxylic acids is 2. The Bertz CT molecular complexity index is 3030. The molecule has 0 radical (unpaired) electrons. The van der Waals surface area contributed by atoms with Gasteiger partial charge in [-0.2, -0.15) is 0 Å². The lowest BCUT2D eigenvalue weighted by Gasteiger charge is -2.34. The van der Waals surface area contributed by atoms with Crippen molar-refractivity contribution in [3.8, 4) is 33.6 Å². The standard InChI is InChI=1S/C44H25BN2O4/c48-43(49)26-16-12-24(13-17-26)28-22-37-40-38(23-28)47-36-11-4-2-7-32(36)39-29(25-14-18-27(19-15-25)44(50)51)20-21-34(42(39)47)45(40)33-9-5-8-31-30-6-1-3-10-35(30)46(37)41(31)33/h1-23H,(H,48,49)(H,50,51). The van der Waals surface area contributed by atoms with Gasteiger partial charge in [-0.1, -0.05) is 91.0 Å². The van der Waals surface area contributed by atoms with E-state index in [1.54, 1.807) is 24.3 Å². The number of rotatable bonds is 4. The second-order valence-electron chi connectivity index (χ2n) is 13.5. The van der Waals surface area contributed by atoms with Gasteiger partial charge in [0, 0.05) is 44.0 Å². The third-order valence-electron chi connectivity index (χ3n) is 11.0. The van der Waals surface area contributed by atoms with E-state index in [9.17, 15) is 19.8 Å². The van der Waals surface area contributed by atoms with Gasteiger partial charge >= 0.3 is 11.9 Å². The Morgan fingerprint density at radius 2 is 1.04 bits per heavy atom. The zero-order chi connectivity index (χ0) is 34.1. The molecule has 0 fully saturated rings. The number of hydrogen-bond acceptors (Lipinski definition) is 2. The maximum atomic E-state index is 11.8. The summed E-state index contributed by atoms with van der Waals surface area (Å²) in [6, 6.07) is 47.1. The number of carboxylic acids is 2. The summed E-state index contributed by atoms with van der Waals surface area (Å²) in [7, 11) is 0. The van der Waals surface area contributed by atoms with Crippen molar-refractivity contribution in [2.24, 2.45) is 0 Å². The minimum absolute atomic E-state index is 0.0401. The Labute approximate surface area is 291 Å². The van der Waals surface area contributed by atoms with E-state index >= 15 is 0 Å². The van der Waals surface area contributed by atoms with E-state index in [2.05, 4.69) is 100 Å². The second kappa shape index (κ2) is 9.86. The van der Waals surface area contributed by atoms with Crippen LogP contribution in [0.3, 0.4) is 0 Å². The molecule has 6 nitrogen and oxygen atoms in total. The quantitative estimate of drug-likeness (QED) is 0.190. The van der Waals surface area contributed by atoms with Crippen LogP contribution in [0.2, 0.25) is 0 Å². The van der Waals surface area contributed by atoms with E-state index < -0.39 is 11.9 Å². The average Bonchev–Trinajstić information content (AvgIpc) is 3.70. The molecule has 0 amide bonds. The summed E-state index contributed by atoms with van der Waals surface area (Å²) in [6.45, 7) is -0.0401. The summed E-state index contributed by atoms with van der Waals surface area (Å²) in [5.74, 6) is -1.90. The summed E-state index contributed by atoms with van der Waals surface area (Å²) >= 11 is 0. The molecular weight excluding hydrogens is 631 g/mol. The predicted molar refractivity (Wildman–Crippen MR) is 205 cm³/mol. The minimum Gasteiger partial charge on any atom is -0.478 e. The molecule has 0 atom stereocenters. The number of aromatic nitrogens is 2. The van der Waals surface area contributed by atoms with Crippen LogP contribution in [-0.2, 0) is 0 Å². The molecule has 0 bridgehead atoms. The van der Waals surface area contributed by atoms with Crippen LogP contribution in [0.1, 0.15) is 20.7 Å². The van der Waals surface area contributed by atoms with Crippen molar-refractivity contribution in [1.29, 1.82) is 0 Å². The Kier molecular flexibility index (Phi) is 5.42. The summed E-state index contributed by atoms with van der Waals surface area (Å²) in [4.78, 5) is 23.5. The normalized spacial score (nSPS) is 12.6. The molecule has 0 saturated carbocycles. The van der Waals surface area contributed by atoms with Gasteiger partial charge in [-0.3, -0.25) is 0 Å². The van der Waals surface area contributed by atoms with Gasteiger partial charge in [0.1, 0.15) is 0 Å². The van der Waals surface area contributed by atoms with Gasteiger partial charge in [0.05, 0.1) is 22.2 Å². The molecule has 2 aliphatic rings. The van der Waals surface area contributed by atoms with Crippen molar-refractivity contribution in [3.63, 3.8) is 0 Å². The largest absolute Gasteiger partial charge is 0.478 e. The van der Waals surface area contributed by atoms with Gasteiger partial charge in [-0.15, -0.1) is 0 Å². The van der Waals surface area contributed by atoms with Crippen molar-refractivity contribution in [3.05, 3.63) is 151 Å². The molecule has 0 aliphatic carbocycles. The topological polar surface area (TPSA) is 84.5 Å². The molecule has 2 aliphatic heterocycles. The first-order chi connectivity index (χ1) is 25.0. The number of nitrogens with zero attached hydrogens (tertiary/aromatic N) is 2. The van der Waals surface area contributed by atoms with Crippen LogP contribution < -0.4 is 16.4 Å². The first-order valence-corrected chi connectivity index (χ1v) is 16.9. The molecule has 238 valence electrons. The summed E-state index contributed by atoms with van der Waals surface area (Å²) in [6.07, 6.45) is 0. The highest BCUT2D eigenvalue weighted by atomic mass is 16.4. The zero-order valence-electron chi connectivity index (χ0n) is 27.0. The SMILES string of the molecule is O=C(O)c1ccc(-c2cc3c4c(c2)-n2c5ccccc5c5c(-c6ccc(C(=O)O)cc6)ccc(c52)B4c2cccc4c5ccccc5n-3c24)cc1. The molecule has 2 aromatic heterocycles. The lowest BCUT2D eigenvalue weighted by atomic mass is 9.34. The highest BCUT2D eigenvalue weighted by molar-refractivity contribution is 7.00. The Morgan fingerprint density at radius 3 is 1.71 bits per heavy atom. The van der Waals surface area contributed by atoms with E-state index in [1.165, 1.54) is 32.7 Å². The number of fused-ring (bicyclic) bond motifs is 10. The maximum Gasteiger partial charge on any atom is 0.335 e. The molecule has 9 aromatic rings. The first kappa shape index (κ1) is 28.0. The molecule has 4 heterocycles. The highest BCUT2D eigenvalue weighted by Gasteiger charge is 2.41. The molecule has 0 spiro atoms. The van der Waals surface area contributed by atoms with Crippen molar-refractivity contribution >= 4 is 78.7 Å². The predicted octanol–water partition coefficient (Wildman–Crippen LogP) is 7.75. The highest BCUT2D eigenvalue weighted by Crippen LogP contribution is 2.43. The fourth-order valence-corrected chi connectivity index (χ4v) is 8.90. The van der Waals surface area contributed by atoms with E-state index in [0.717, 1.165) is 61.0 Å². The van der Waals surface area contributed by atoms with Gasteiger partial charge < -0.3 is 19.3 Å². The summed E-state index contributed by atoms with van der Waals surface area (Å²) < 4.78 is 4.84. The van der Waals surface area contributed by atoms with E-state index in [-0.39, 0.29) is 17.8 Å². The molecule has 0 unspecified atom stereocenters. The van der Waals surface area contributed by atoms with Crippen molar-refractivity contribution in [2.45, 2.75) is 0 Å². The van der Waals surface area contributed by atoms with Crippen molar-refractivity contribution < 1.29 is 19.8 Å². The van der Waals surface area contributed by atoms with Gasteiger partial charge in [-0.05, 0) is 87.2 Å². The number of carboxylic acid groups (broad SMARTS) is 2. The van der Waals surface area contributed by atoms with Crippen LogP contribution in [0, 0.1) is 0 Å². The average molecular weight is 657 g/mol. The van der Waals surface area contributed by atoms with Crippen LogP contribution in [0.5, 0.6) is 0 Å². The van der Waals surface area contributed by atoms with Gasteiger partial charge in [-0.25, -0.2) is 9.59 Å². The second-order valence-corrected chi connectivity index (χ2v) is 13.5. The molecular formula is C44H25BN2O4. The zero-order valence-corrected chi connectivity index (χ0v) is 27.0. The lowest BCUT2D eigenvalue weighted by molar-refractivity contribution is 0.0686. The van der Waals surface area contributed by atoms with Crippen molar-refractivity contribution in [1.82, 2.24) is 9.13 Å². The molecule has 51 heavy (non-hydrogen) atoms. The minimum atomic E-state index is -0.950. The van der Waals surface area contributed by atoms with Crippen LogP contribution in [-0.4, -0.2) is 38.0 Å². The van der Waals surface area contributed by atoms with Crippen LogP contribution in [0.15, 0.2) is 140 Å². The van der Waals surface area contributed by atoms with E-state index in [1.807, 2.05) is 24.3 Å². The fourth-order valence-electron chi connectivity index (χ4n) is 8.90. The van der Waals surface area contributed by atoms with Crippen molar-refractivity contribution in [2.75, 3.05) is 0 Å². The first-order valence-electron chi connectivity index (χ1n) is 16.9. The number of hydrogen-bond donors (Lipinski definition) is 2. The molecule has 7 aromatic carbocycles. The van der Waals surface area contributed by atoms with E-state index in [4.69, 9.17) is 0 Å². The van der Waals surface area contributed by atoms with Crippen LogP contribution in [0.4, 0.5) is 0 Å². The van der Waals surface area contributed by atoms with Gasteiger partial charge in [0.15, 0.2) is 0 Å². The number of para-hydroxylation sites is 3. The third kappa shape index (κ3) is 3.61. The van der Waals surface area contributed by atoms with Gasteiger partial charge in [0.25, 0.3) is 6.71 Å². The number of carbonyl (C=O) groups is 2. The lowest BCUT2D eigenvalue weighted by Crippen LogP contribution is -2.59. The third-order valence-corrected chi connectivity index (χ3v) is 11.0. The van der Waals surface area contributed by atoms with E-state index in [0.29, 0.717) is 0 Å². The Morgan fingerprint density at radius 1 is 0.490 bits per heavy atom. The molecule has 7 heteroatoms. The fraction of sp³-hybridized carbons (Fsp3) is 0. The smallest absolute Gasteiger partial charge is 0.335 e. The Hall–Kier alpha value is -6.86. The molecule has 2 N–H and O–H groups in total. The van der Waals surface area contributed by atoms with Crippen LogP contribution >= 0.6 is 0 Å². The molecule has 11 rings (SSSR count). The maximum absolute atomic E-state index is 11.8. The molecule has 0 saturated heterocycles. The monoisotopic (exact) mass is 656 g/mol. The Balaban J connectivity index is 1.31. The summed E-state index contributed by atoms with van der Waals surface area (Å²) in [5.41, 5.74) is 14.9. The summed E-state index contributed by atoms with van der Waals surface area (Å²) in [5, 5.41) is 23.9. The van der Waals surface area contributed by atoms with Gasteiger partial charge in [0.2, 0.25) is 0 Å². The number of benzene rings is 7.